The molecule has 1 aliphatic rings. The number of aryl methyl sites for hydroxylation is 1. The van der Waals surface area contributed by atoms with Crippen LogP contribution in [-0.2, 0) is 30.9 Å². The summed E-state index contributed by atoms with van der Waals surface area (Å²) in [5, 5.41) is 11.3. The van der Waals surface area contributed by atoms with Gasteiger partial charge in [-0.05, 0) is 25.0 Å². The molecule has 2 N–H and O–H groups in total. The summed E-state index contributed by atoms with van der Waals surface area (Å²) < 4.78 is 12.3. The van der Waals surface area contributed by atoms with Crippen molar-refractivity contribution < 1.29 is 9.47 Å². The average molecular weight is 373 g/mol. The maximum Gasteiger partial charge on any atom is 0.213 e. The van der Waals surface area contributed by atoms with Gasteiger partial charge in [-0.3, -0.25) is 0 Å². The van der Waals surface area contributed by atoms with Crippen LogP contribution in [0.15, 0.2) is 23.3 Å². The maximum absolute atomic E-state index is 5.17. The van der Waals surface area contributed by atoms with E-state index in [2.05, 4.69) is 37.6 Å². The zero-order valence-corrected chi connectivity index (χ0v) is 16.1. The maximum atomic E-state index is 5.17. The van der Waals surface area contributed by atoms with Crippen LogP contribution in [0.25, 0.3) is 0 Å². The summed E-state index contributed by atoms with van der Waals surface area (Å²) in [6.45, 7) is 4.61. The number of rotatable bonds is 7. The Morgan fingerprint density at radius 3 is 3.07 bits per heavy atom. The molecule has 0 saturated heterocycles. The van der Waals surface area contributed by atoms with E-state index in [0.717, 1.165) is 49.1 Å². The molecule has 0 aliphatic carbocycles. The third-order valence-electron chi connectivity index (χ3n) is 4.29. The summed E-state index contributed by atoms with van der Waals surface area (Å²) in [7, 11) is 3.27. The number of nitrogens with one attached hydrogen (secondary N) is 2. The molecule has 9 heteroatoms. The van der Waals surface area contributed by atoms with Crippen LogP contribution < -0.4 is 15.4 Å². The molecule has 3 heterocycles. The Balaban J connectivity index is 1.63. The van der Waals surface area contributed by atoms with Crippen molar-refractivity contribution in [1.29, 1.82) is 0 Å². The predicted molar refractivity (Wildman–Crippen MR) is 102 cm³/mol. The molecule has 0 fully saturated rings. The highest BCUT2D eigenvalue weighted by Gasteiger charge is 2.22. The Hall–Kier alpha value is -2.68. The second-order valence-electron chi connectivity index (χ2n) is 6.34. The van der Waals surface area contributed by atoms with Gasteiger partial charge in [-0.25, -0.2) is 19.6 Å². The molecule has 9 nitrogen and oxygen atoms in total. The van der Waals surface area contributed by atoms with Crippen molar-refractivity contribution in [2.45, 2.75) is 45.5 Å². The lowest BCUT2D eigenvalue weighted by Crippen LogP contribution is -2.47. The Morgan fingerprint density at radius 2 is 2.30 bits per heavy atom. The van der Waals surface area contributed by atoms with E-state index in [1.54, 1.807) is 20.4 Å². The Morgan fingerprint density at radius 1 is 1.41 bits per heavy atom. The summed E-state index contributed by atoms with van der Waals surface area (Å²) in [6, 6.07) is 4.08. The molecule has 0 amide bonds. The fourth-order valence-corrected chi connectivity index (χ4v) is 3.01. The number of pyridine rings is 1. The second kappa shape index (κ2) is 9.31. The molecule has 146 valence electrons. The van der Waals surface area contributed by atoms with Gasteiger partial charge in [-0.2, -0.15) is 5.10 Å². The second-order valence-corrected chi connectivity index (χ2v) is 6.34. The quantitative estimate of drug-likeness (QED) is 0.549. The summed E-state index contributed by atoms with van der Waals surface area (Å²) >= 11 is 0. The van der Waals surface area contributed by atoms with Gasteiger partial charge in [0.05, 0.1) is 20.2 Å². The lowest BCUT2D eigenvalue weighted by molar-refractivity contribution is 0.177. The van der Waals surface area contributed by atoms with Crippen molar-refractivity contribution in [2.24, 2.45) is 4.99 Å². The van der Waals surface area contributed by atoms with Crippen LogP contribution >= 0.6 is 0 Å². The lowest BCUT2D eigenvalue weighted by Gasteiger charge is -2.25. The number of fused-ring (bicyclic) bond motifs is 1. The highest BCUT2D eigenvalue weighted by molar-refractivity contribution is 5.80. The van der Waals surface area contributed by atoms with Crippen LogP contribution in [0, 0.1) is 0 Å². The van der Waals surface area contributed by atoms with E-state index in [-0.39, 0.29) is 6.04 Å². The highest BCUT2D eigenvalue weighted by atomic mass is 16.5. The zero-order valence-electron chi connectivity index (χ0n) is 16.1. The number of methoxy groups -OCH3 is 2. The summed E-state index contributed by atoms with van der Waals surface area (Å²) in [6.07, 6.45) is 3.60. The third kappa shape index (κ3) is 5.16. The van der Waals surface area contributed by atoms with Crippen LogP contribution in [-0.4, -0.2) is 52.5 Å². The van der Waals surface area contributed by atoms with Crippen LogP contribution in [0.4, 0.5) is 0 Å². The molecule has 0 radical (unpaired) electrons. The first-order chi connectivity index (χ1) is 13.2. The van der Waals surface area contributed by atoms with Gasteiger partial charge in [-0.15, -0.1) is 0 Å². The highest BCUT2D eigenvalue weighted by Crippen LogP contribution is 2.14. The van der Waals surface area contributed by atoms with Crippen LogP contribution in [0.2, 0.25) is 0 Å². The van der Waals surface area contributed by atoms with Crippen molar-refractivity contribution in [1.82, 2.24) is 30.4 Å². The first kappa shape index (κ1) is 19.1. The van der Waals surface area contributed by atoms with E-state index in [0.29, 0.717) is 19.0 Å². The predicted octanol–water partition coefficient (Wildman–Crippen LogP) is 0.898. The molecular formula is C18H27N7O2. The lowest BCUT2D eigenvalue weighted by atomic mass is 10.1. The largest absolute Gasteiger partial charge is 0.481 e. The number of aliphatic imine (C=N–C) groups is 1. The monoisotopic (exact) mass is 373 g/mol. The molecule has 27 heavy (non-hydrogen) atoms. The minimum atomic E-state index is 0.249. The van der Waals surface area contributed by atoms with Crippen LogP contribution in [0.1, 0.15) is 30.6 Å². The number of hydrogen-bond donors (Lipinski definition) is 2. The van der Waals surface area contributed by atoms with Crippen LogP contribution in [0.3, 0.4) is 0 Å². The minimum absolute atomic E-state index is 0.249. The summed E-state index contributed by atoms with van der Waals surface area (Å²) in [4.78, 5) is 13.3. The normalized spacial score (nSPS) is 16.7. The molecule has 2 aromatic heterocycles. The fraction of sp³-hybridized carbons (Fsp3) is 0.556. The van der Waals surface area contributed by atoms with Crippen molar-refractivity contribution >= 4 is 5.96 Å². The molecule has 0 saturated carbocycles. The Bertz CT molecular complexity index is 775. The van der Waals surface area contributed by atoms with Gasteiger partial charge in [0.1, 0.15) is 12.4 Å². The molecule has 1 atom stereocenters. The van der Waals surface area contributed by atoms with E-state index in [9.17, 15) is 0 Å². The molecule has 0 aromatic carbocycles. The third-order valence-corrected chi connectivity index (χ3v) is 4.29. The number of ether oxygens (including phenoxy) is 2. The van der Waals surface area contributed by atoms with E-state index < -0.39 is 0 Å². The average Bonchev–Trinajstić information content (AvgIpc) is 3.08. The molecule has 3 rings (SSSR count). The minimum Gasteiger partial charge on any atom is -0.481 e. The number of aromatic nitrogens is 4. The fourth-order valence-electron chi connectivity index (χ4n) is 3.01. The molecule has 1 unspecified atom stereocenters. The first-order valence-corrected chi connectivity index (χ1v) is 9.17. The summed E-state index contributed by atoms with van der Waals surface area (Å²) in [5.41, 5.74) is 1.05. The molecular weight excluding hydrogens is 346 g/mol. The van der Waals surface area contributed by atoms with Gasteiger partial charge in [0.2, 0.25) is 5.88 Å². The van der Waals surface area contributed by atoms with E-state index >= 15 is 0 Å². The number of nitrogens with zero attached hydrogens (tertiary/aromatic N) is 5. The molecule has 1 aliphatic heterocycles. The molecule has 2 aromatic rings. The topological polar surface area (TPSA) is 98.5 Å². The smallest absolute Gasteiger partial charge is 0.213 e. The van der Waals surface area contributed by atoms with E-state index in [1.807, 2.05) is 16.8 Å². The molecule has 0 spiro atoms. The SMILES string of the molecule is CCNC(=NCc1ccnc(OC)c1)NC1CCc2nc(COC)nn2C1. The van der Waals surface area contributed by atoms with Gasteiger partial charge in [0.15, 0.2) is 11.8 Å². The number of guanidine groups is 1. The van der Waals surface area contributed by atoms with Crippen molar-refractivity contribution in [3.63, 3.8) is 0 Å². The standard InChI is InChI=1S/C18H27N7O2/c1-4-19-18(21-10-13-7-8-20-17(9-13)27-3)22-14-5-6-16-23-15(12-26-2)24-25(16)11-14/h7-9,14H,4-6,10-12H2,1-3H3,(H2,19,21,22). The van der Waals surface area contributed by atoms with Crippen molar-refractivity contribution in [2.75, 3.05) is 20.8 Å². The van der Waals surface area contributed by atoms with Gasteiger partial charge >= 0.3 is 0 Å². The van der Waals surface area contributed by atoms with Gasteiger partial charge in [0, 0.05) is 38.4 Å². The zero-order chi connectivity index (χ0) is 19.1. The first-order valence-electron chi connectivity index (χ1n) is 9.17. The number of hydrogen-bond acceptors (Lipinski definition) is 6. The summed E-state index contributed by atoms with van der Waals surface area (Å²) in [5.74, 6) is 3.14. The molecule has 0 bridgehead atoms. The van der Waals surface area contributed by atoms with Crippen molar-refractivity contribution in [3.8, 4) is 5.88 Å². The Kier molecular flexibility index (Phi) is 6.59. The van der Waals surface area contributed by atoms with E-state index in [1.165, 1.54) is 0 Å². The van der Waals surface area contributed by atoms with Crippen molar-refractivity contribution in [3.05, 3.63) is 35.5 Å². The van der Waals surface area contributed by atoms with E-state index in [4.69, 9.17) is 9.47 Å². The Labute approximate surface area is 159 Å². The van der Waals surface area contributed by atoms with Gasteiger partial charge in [-0.1, -0.05) is 0 Å². The van der Waals surface area contributed by atoms with Gasteiger partial charge < -0.3 is 20.1 Å². The van der Waals surface area contributed by atoms with Crippen LogP contribution in [0.5, 0.6) is 5.88 Å². The van der Waals surface area contributed by atoms with Gasteiger partial charge in [0.25, 0.3) is 0 Å².